The van der Waals surface area contributed by atoms with Gasteiger partial charge >= 0.3 is 11.9 Å². The smallest absolute Gasteiger partial charge is 0.305 e. The van der Waals surface area contributed by atoms with Crippen molar-refractivity contribution in [3.05, 3.63) is 0 Å². The third kappa shape index (κ3) is 8.99. The predicted octanol–water partition coefficient (Wildman–Crippen LogP) is 0.394. The van der Waals surface area contributed by atoms with E-state index in [0.29, 0.717) is 32.5 Å². The molecule has 0 bridgehead atoms. The highest BCUT2D eigenvalue weighted by atomic mass is 16.5. The fourth-order valence-corrected chi connectivity index (χ4v) is 0.911. The molecule has 0 aliphatic rings. The quantitative estimate of drug-likeness (QED) is 0.441. The molecule has 0 spiro atoms. The maximum absolute atomic E-state index is 10.8. The second-order valence-electron chi connectivity index (χ2n) is 2.80. The van der Waals surface area contributed by atoms with Crippen molar-refractivity contribution in [1.82, 2.24) is 5.32 Å². The summed E-state index contributed by atoms with van der Waals surface area (Å²) in [5.74, 6) is -1.02. The van der Waals surface area contributed by atoms with Gasteiger partial charge in [0.25, 0.3) is 0 Å². The number of esters is 1. The number of nitrogens with one attached hydrogen (secondary N) is 1. The molecule has 0 saturated carbocycles. The molecule has 0 fully saturated rings. The number of hydrogen-bond acceptors (Lipinski definition) is 4. The first-order chi connectivity index (χ1) is 6.66. The minimum Gasteiger partial charge on any atom is -0.481 e. The van der Waals surface area contributed by atoms with Gasteiger partial charge in [-0.3, -0.25) is 9.59 Å². The molecule has 0 atom stereocenters. The Balaban J connectivity index is 3.13. The van der Waals surface area contributed by atoms with Crippen molar-refractivity contribution in [3.63, 3.8) is 0 Å². The molecule has 2 N–H and O–H groups in total. The Kier molecular flexibility index (Phi) is 7.83. The van der Waals surface area contributed by atoms with Crippen LogP contribution in [0.2, 0.25) is 0 Å². The molecule has 0 aliphatic heterocycles. The molecule has 5 heteroatoms. The maximum atomic E-state index is 10.8. The molecular formula is C9H17NO4. The third-order valence-corrected chi connectivity index (χ3v) is 1.56. The van der Waals surface area contributed by atoms with Crippen LogP contribution in [-0.4, -0.2) is 36.7 Å². The first kappa shape index (κ1) is 12.9. The molecule has 0 aromatic carbocycles. The van der Waals surface area contributed by atoms with E-state index in [1.165, 1.54) is 0 Å². The van der Waals surface area contributed by atoms with Crippen LogP contribution in [0.15, 0.2) is 0 Å². The molecular weight excluding hydrogens is 186 g/mol. The van der Waals surface area contributed by atoms with Gasteiger partial charge in [-0.2, -0.15) is 0 Å². The molecule has 0 radical (unpaired) electrons. The summed E-state index contributed by atoms with van der Waals surface area (Å²) >= 11 is 0. The fraction of sp³-hybridized carbons (Fsp3) is 0.778. The lowest BCUT2D eigenvalue weighted by molar-refractivity contribution is -0.143. The van der Waals surface area contributed by atoms with Gasteiger partial charge in [-0.25, -0.2) is 0 Å². The number of hydrogen-bond donors (Lipinski definition) is 2. The van der Waals surface area contributed by atoms with E-state index in [1.807, 2.05) is 0 Å². The monoisotopic (exact) mass is 203 g/mol. The van der Waals surface area contributed by atoms with Crippen LogP contribution in [0.4, 0.5) is 0 Å². The van der Waals surface area contributed by atoms with Crippen LogP contribution < -0.4 is 5.32 Å². The first-order valence-electron chi connectivity index (χ1n) is 4.75. The van der Waals surface area contributed by atoms with Gasteiger partial charge in [0.15, 0.2) is 0 Å². The topological polar surface area (TPSA) is 75.6 Å². The average Bonchev–Trinajstić information content (AvgIpc) is 2.11. The van der Waals surface area contributed by atoms with Gasteiger partial charge in [0.2, 0.25) is 0 Å². The molecule has 82 valence electrons. The Hall–Kier alpha value is -1.10. The maximum Gasteiger partial charge on any atom is 0.305 e. The van der Waals surface area contributed by atoms with Crippen LogP contribution in [0.5, 0.6) is 0 Å². The zero-order valence-electron chi connectivity index (χ0n) is 8.41. The molecule has 0 amide bonds. The Morgan fingerprint density at radius 2 is 2.00 bits per heavy atom. The highest BCUT2D eigenvalue weighted by Gasteiger charge is 2.00. The third-order valence-electron chi connectivity index (χ3n) is 1.56. The van der Waals surface area contributed by atoms with Gasteiger partial charge in [0.1, 0.15) is 0 Å². The number of rotatable bonds is 8. The van der Waals surface area contributed by atoms with Gasteiger partial charge in [0, 0.05) is 13.0 Å². The predicted molar refractivity (Wildman–Crippen MR) is 51.0 cm³/mol. The van der Waals surface area contributed by atoms with Crippen LogP contribution in [0.3, 0.4) is 0 Å². The zero-order valence-corrected chi connectivity index (χ0v) is 8.41. The van der Waals surface area contributed by atoms with Crippen molar-refractivity contribution in [2.75, 3.05) is 19.7 Å². The lowest BCUT2D eigenvalue weighted by Crippen LogP contribution is -2.20. The fourth-order valence-electron chi connectivity index (χ4n) is 0.911. The molecule has 0 rings (SSSR count). The Bertz CT molecular complexity index is 182. The molecule has 0 aliphatic carbocycles. The molecule has 14 heavy (non-hydrogen) atoms. The Morgan fingerprint density at radius 3 is 2.57 bits per heavy atom. The molecule has 0 aromatic heterocycles. The van der Waals surface area contributed by atoms with E-state index < -0.39 is 5.97 Å². The highest BCUT2D eigenvalue weighted by Crippen LogP contribution is 1.91. The second kappa shape index (κ2) is 8.50. The number of aliphatic carboxylic acids is 1. The van der Waals surface area contributed by atoms with Gasteiger partial charge in [0.05, 0.1) is 13.0 Å². The van der Waals surface area contributed by atoms with Crippen molar-refractivity contribution >= 4 is 11.9 Å². The average molecular weight is 203 g/mol. The number of carbonyl (C=O) groups is 2. The summed E-state index contributed by atoms with van der Waals surface area (Å²) < 4.78 is 4.73. The van der Waals surface area contributed by atoms with Crippen molar-refractivity contribution in [2.24, 2.45) is 0 Å². The van der Waals surface area contributed by atoms with E-state index in [0.717, 1.165) is 0 Å². The normalized spacial score (nSPS) is 9.79. The molecule has 0 unspecified atom stereocenters. The molecule has 0 aromatic rings. The highest BCUT2D eigenvalue weighted by molar-refractivity contribution is 5.69. The van der Waals surface area contributed by atoms with Gasteiger partial charge < -0.3 is 15.2 Å². The number of carboxylic acids is 1. The van der Waals surface area contributed by atoms with Crippen molar-refractivity contribution in [2.45, 2.75) is 26.2 Å². The van der Waals surface area contributed by atoms with Crippen LogP contribution in [0.25, 0.3) is 0 Å². The van der Waals surface area contributed by atoms with E-state index in [9.17, 15) is 9.59 Å². The molecule has 0 saturated heterocycles. The number of ether oxygens (including phenoxy) is 1. The van der Waals surface area contributed by atoms with E-state index in [1.54, 1.807) is 6.92 Å². The van der Waals surface area contributed by atoms with Gasteiger partial charge in [-0.15, -0.1) is 0 Å². The summed E-state index contributed by atoms with van der Waals surface area (Å²) in [7, 11) is 0. The summed E-state index contributed by atoms with van der Waals surface area (Å²) in [4.78, 5) is 21.0. The second-order valence-corrected chi connectivity index (χ2v) is 2.80. The van der Waals surface area contributed by atoms with Crippen LogP contribution in [-0.2, 0) is 14.3 Å². The molecule has 5 nitrogen and oxygen atoms in total. The van der Waals surface area contributed by atoms with Crippen molar-refractivity contribution in [3.8, 4) is 0 Å². The lowest BCUT2D eigenvalue weighted by atomic mass is 10.3. The van der Waals surface area contributed by atoms with Gasteiger partial charge in [-0.05, 0) is 19.9 Å². The number of carboxylic acid groups (broad SMARTS) is 1. The summed E-state index contributed by atoms with van der Waals surface area (Å²) in [6, 6.07) is 0. The molecule has 0 heterocycles. The number of carbonyl (C=O) groups excluding carboxylic acids is 1. The summed E-state index contributed by atoms with van der Waals surface area (Å²) in [5.41, 5.74) is 0. The Labute approximate surface area is 83.4 Å². The summed E-state index contributed by atoms with van der Waals surface area (Å²) in [5, 5.41) is 11.2. The van der Waals surface area contributed by atoms with Gasteiger partial charge in [-0.1, -0.05) is 0 Å². The summed E-state index contributed by atoms with van der Waals surface area (Å²) in [6.07, 6.45) is 1.17. The van der Waals surface area contributed by atoms with E-state index in [4.69, 9.17) is 9.84 Å². The van der Waals surface area contributed by atoms with E-state index in [-0.39, 0.29) is 12.4 Å². The summed E-state index contributed by atoms with van der Waals surface area (Å²) in [6.45, 7) is 3.26. The SMILES string of the molecule is CCOC(=O)CCCNCCC(=O)O. The van der Waals surface area contributed by atoms with Crippen molar-refractivity contribution < 1.29 is 19.4 Å². The zero-order chi connectivity index (χ0) is 10.8. The Morgan fingerprint density at radius 1 is 1.29 bits per heavy atom. The lowest BCUT2D eigenvalue weighted by Gasteiger charge is -2.02. The minimum absolute atomic E-state index is 0.111. The standard InChI is InChI=1S/C9H17NO4/c1-2-14-9(13)4-3-6-10-7-5-8(11)12/h10H,2-7H2,1H3,(H,11,12). The van der Waals surface area contributed by atoms with Crippen LogP contribution in [0, 0.1) is 0 Å². The van der Waals surface area contributed by atoms with E-state index in [2.05, 4.69) is 5.32 Å². The largest absolute Gasteiger partial charge is 0.481 e. The first-order valence-corrected chi connectivity index (χ1v) is 4.75. The minimum atomic E-state index is -0.817. The van der Waals surface area contributed by atoms with Crippen LogP contribution in [0.1, 0.15) is 26.2 Å². The van der Waals surface area contributed by atoms with Crippen LogP contribution >= 0.6 is 0 Å². The van der Waals surface area contributed by atoms with Crippen molar-refractivity contribution in [1.29, 1.82) is 0 Å². The van der Waals surface area contributed by atoms with E-state index >= 15 is 0 Å².